The van der Waals surface area contributed by atoms with Crippen molar-refractivity contribution in [1.29, 1.82) is 0 Å². The summed E-state index contributed by atoms with van der Waals surface area (Å²) >= 11 is 12.1. The number of anilines is 1. The minimum atomic E-state index is -3.88. The van der Waals surface area contributed by atoms with Crippen LogP contribution in [0.15, 0.2) is 41.3 Å². The van der Waals surface area contributed by atoms with Gasteiger partial charge in [-0.2, -0.15) is 4.31 Å². The van der Waals surface area contributed by atoms with E-state index in [1.165, 1.54) is 6.07 Å². The van der Waals surface area contributed by atoms with Crippen molar-refractivity contribution in [2.45, 2.75) is 38.7 Å². The van der Waals surface area contributed by atoms with E-state index in [4.69, 9.17) is 27.9 Å². The van der Waals surface area contributed by atoms with Crippen molar-refractivity contribution >= 4 is 44.8 Å². The minimum Gasteiger partial charge on any atom is -0.491 e. The number of hydrogen-bond acceptors (Lipinski definition) is 4. The van der Waals surface area contributed by atoms with Crippen LogP contribution in [0.3, 0.4) is 0 Å². The largest absolute Gasteiger partial charge is 0.491 e. The van der Waals surface area contributed by atoms with Gasteiger partial charge in [-0.1, -0.05) is 36.2 Å². The van der Waals surface area contributed by atoms with Crippen molar-refractivity contribution in [3.63, 3.8) is 0 Å². The van der Waals surface area contributed by atoms with Gasteiger partial charge in [-0.15, -0.1) is 0 Å². The lowest BCUT2D eigenvalue weighted by molar-refractivity contribution is -0.116. The number of aryl methyl sites for hydroxylation is 1. The third-order valence-corrected chi connectivity index (χ3v) is 6.59. The van der Waals surface area contributed by atoms with Gasteiger partial charge < -0.3 is 10.1 Å². The molecule has 0 atom stereocenters. The van der Waals surface area contributed by atoms with Gasteiger partial charge in [0.15, 0.2) is 0 Å². The number of nitrogens with zero attached hydrogens (tertiary/aromatic N) is 1. The van der Waals surface area contributed by atoms with Gasteiger partial charge in [0.25, 0.3) is 0 Å². The molecule has 2 aromatic rings. The molecule has 0 aliphatic rings. The van der Waals surface area contributed by atoms with Crippen LogP contribution in [0.4, 0.5) is 5.69 Å². The van der Waals surface area contributed by atoms with Crippen molar-refractivity contribution in [3.8, 4) is 5.75 Å². The summed E-state index contributed by atoms with van der Waals surface area (Å²) in [6.45, 7) is 6.98. The van der Waals surface area contributed by atoms with Crippen molar-refractivity contribution < 1.29 is 17.9 Å². The molecule has 158 valence electrons. The van der Waals surface area contributed by atoms with Crippen molar-refractivity contribution in [2.24, 2.45) is 0 Å². The van der Waals surface area contributed by atoms with E-state index >= 15 is 0 Å². The van der Waals surface area contributed by atoms with Crippen molar-refractivity contribution in [3.05, 3.63) is 52.0 Å². The quantitative estimate of drug-likeness (QED) is 0.619. The molecule has 1 N–H and O–H groups in total. The molecule has 0 saturated heterocycles. The first-order valence-corrected chi connectivity index (χ1v) is 11.3. The van der Waals surface area contributed by atoms with E-state index in [0.717, 1.165) is 4.31 Å². The minimum absolute atomic E-state index is 0.0244. The van der Waals surface area contributed by atoms with Crippen molar-refractivity contribution in [1.82, 2.24) is 4.31 Å². The number of carbonyl (C=O) groups is 1. The average molecular weight is 459 g/mol. The molecule has 1 amide bonds. The normalized spacial score (nSPS) is 11.7. The first kappa shape index (κ1) is 23.5. The second-order valence-corrected chi connectivity index (χ2v) is 9.42. The predicted molar refractivity (Wildman–Crippen MR) is 116 cm³/mol. The summed E-state index contributed by atoms with van der Waals surface area (Å²) in [5.41, 5.74) is 0.948. The Bertz CT molecular complexity index is 974. The lowest BCUT2D eigenvalue weighted by Crippen LogP contribution is -2.38. The Labute approximate surface area is 181 Å². The van der Waals surface area contributed by atoms with Crippen LogP contribution in [0, 0.1) is 6.92 Å². The van der Waals surface area contributed by atoms with E-state index in [1.54, 1.807) is 44.2 Å². The number of carbonyl (C=O) groups excluding carboxylic acids is 1. The molecule has 9 heteroatoms. The molecule has 0 aliphatic carbocycles. The molecule has 0 fully saturated rings. The summed E-state index contributed by atoms with van der Waals surface area (Å²) in [6.07, 6.45) is -0.0244. The molecule has 0 radical (unpaired) electrons. The molecule has 0 bridgehead atoms. The second kappa shape index (κ2) is 9.80. The maximum absolute atomic E-state index is 13.0. The zero-order valence-corrected chi connectivity index (χ0v) is 19.0. The third kappa shape index (κ3) is 5.85. The summed E-state index contributed by atoms with van der Waals surface area (Å²) in [6, 6.07) is 9.46. The Hall–Kier alpha value is -1.80. The van der Waals surface area contributed by atoms with Crippen LogP contribution in [0.1, 0.15) is 26.3 Å². The number of rotatable bonds is 8. The number of para-hydroxylation sites is 1. The number of hydrogen-bond donors (Lipinski definition) is 1. The zero-order valence-electron chi connectivity index (χ0n) is 16.7. The Morgan fingerprint density at radius 1 is 1.17 bits per heavy atom. The van der Waals surface area contributed by atoms with Crippen LogP contribution in [0.25, 0.3) is 0 Å². The molecule has 0 saturated carbocycles. The van der Waals surface area contributed by atoms with Gasteiger partial charge in [0, 0.05) is 6.54 Å². The van der Waals surface area contributed by atoms with Gasteiger partial charge in [0.2, 0.25) is 15.9 Å². The molecule has 0 spiro atoms. The number of benzene rings is 2. The summed E-state index contributed by atoms with van der Waals surface area (Å²) in [4.78, 5) is 12.5. The highest BCUT2D eigenvalue weighted by Gasteiger charge is 2.26. The van der Waals surface area contributed by atoms with Crippen LogP contribution in [0.5, 0.6) is 5.75 Å². The fourth-order valence-electron chi connectivity index (χ4n) is 2.64. The number of ether oxygens (including phenoxy) is 1. The van der Waals surface area contributed by atoms with Gasteiger partial charge in [0.05, 0.1) is 33.3 Å². The van der Waals surface area contributed by atoms with Crippen LogP contribution in [0.2, 0.25) is 10.0 Å². The van der Waals surface area contributed by atoms with Gasteiger partial charge in [-0.05, 0) is 56.7 Å². The fourth-order valence-corrected chi connectivity index (χ4v) is 4.62. The van der Waals surface area contributed by atoms with Gasteiger partial charge in [0.1, 0.15) is 5.75 Å². The summed E-state index contributed by atoms with van der Waals surface area (Å²) in [5.74, 6) is 0.0787. The smallest absolute Gasteiger partial charge is 0.243 e. The monoisotopic (exact) mass is 458 g/mol. The standard InChI is InChI=1S/C20H24Cl2N2O4S/c1-5-24(12-19(25)23-20-16(21)7-6-8-17(20)22)29(26,27)15-9-10-18(14(4)11-15)28-13(2)3/h6-11,13H,5,12H2,1-4H3,(H,23,25). The van der Waals surface area contributed by atoms with Crippen LogP contribution >= 0.6 is 23.2 Å². The summed E-state index contributed by atoms with van der Waals surface area (Å²) < 4.78 is 32.8. The SMILES string of the molecule is CCN(CC(=O)Nc1c(Cl)cccc1Cl)S(=O)(=O)c1ccc(OC(C)C)c(C)c1. The maximum atomic E-state index is 13.0. The molecular formula is C20H24Cl2N2O4S. The van der Waals surface area contributed by atoms with Crippen LogP contribution in [-0.2, 0) is 14.8 Å². The molecule has 29 heavy (non-hydrogen) atoms. The lowest BCUT2D eigenvalue weighted by atomic mass is 10.2. The average Bonchev–Trinajstić information content (AvgIpc) is 2.64. The topological polar surface area (TPSA) is 75.7 Å². The van der Waals surface area contributed by atoms with Gasteiger partial charge in [-0.3, -0.25) is 4.79 Å². The van der Waals surface area contributed by atoms with E-state index in [1.807, 2.05) is 13.8 Å². The third-order valence-electron chi connectivity index (χ3n) is 4.05. The molecule has 0 aromatic heterocycles. The Morgan fingerprint density at radius 3 is 2.31 bits per heavy atom. The molecule has 2 rings (SSSR count). The highest BCUT2D eigenvalue weighted by molar-refractivity contribution is 7.89. The van der Waals surface area contributed by atoms with E-state index in [2.05, 4.69) is 5.32 Å². The second-order valence-electron chi connectivity index (χ2n) is 6.67. The highest BCUT2D eigenvalue weighted by Crippen LogP contribution is 2.30. The maximum Gasteiger partial charge on any atom is 0.243 e. The Balaban J connectivity index is 2.21. The van der Waals surface area contributed by atoms with E-state index in [9.17, 15) is 13.2 Å². The Morgan fingerprint density at radius 2 is 1.79 bits per heavy atom. The van der Waals surface area contributed by atoms with Crippen LogP contribution < -0.4 is 10.1 Å². The number of sulfonamides is 1. The lowest BCUT2D eigenvalue weighted by Gasteiger charge is -2.21. The number of likely N-dealkylation sites (N-methyl/N-ethyl adjacent to an activating group) is 1. The predicted octanol–water partition coefficient (Wildman–Crippen LogP) is 4.74. The highest BCUT2D eigenvalue weighted by atomic mass is 35.5. The molecule has 2 aromatic carbocycles. The van der Waals surface area contributed by atoms with Gasteiger partial charge in [-0.25, -0.2) is 8.42 Å². The zero-order chi connectivity index (χ0) is 21.8. The van der Waals surface area contributed by atoms with E-state index in [-0.39, 0.29) is 39.8 Å². The van der Waals surface area contributed by atoms with Gasteiger partial charge >= 0.3 is 0 Å². The number of nitrogens with one attached hydrogen (secondary N) is 1. The van der Waals surface area contributed by atoms with E-state index in [0.29, 0.717) is 11.3 Å². The van der Waals surface area contributed by atoms with E-state index < -0.39 is 15.9 Å². The number of halogens is 2. The summed E-state index contributed by atoms with van der Waals surface area (Å²) in [7, 11) is -3.88. The molecular weight excluding hydrogens is 435 g/mol. The van der Waals surface area contributed by atoms with Crippen LogP contribution in [-0.4, -0.2) is 37.8 Å². The first-order valence-electron chi connectivity index (χ1n) is 9.07. The molecule has 6 nitrogen and oxygen atoms in total. The molecule has 0 heterocycles. The Kier molecular flexibility index (Phi) is 7.94. The van der Waals surface area contributed by atoms with Crippen molar-refractivity contribution in [2.75, 3.05) is 18.4 Å². The fraction of sp³-hybridized carbons (Fsp3) is 0.350. The first-order chi connectivity index (χ1) is 13.6. The molecule has 0 unspecified atom stereocenters. The summed E-state index contributed by atoms with van der Waals surface area (Å²) in [5, 5.41) is 3.12. The number of amides is 1. The molecule has 0 aliphatic heterocycles.